The van der Waals surface area contributed by atoms with Crippen molar-refractivity contribution in [3.05, 3.63) is 52.0 Å². The van der Waals surface area contributed by atoms with Crippen LogP contribution in [0.4, 0.5) is 0 Å². The largest absolute Gasteiger partial charge is 0.379 e. The van der Waals surface area contributed by atoms with E-state index in [1.807, 2.05) is 0 Å². The SMILES string of the molecule is CN=C(NCCCOC1CCOC1)NCc1csc(CCc2ccccc2)n1. The van der Waals surface area contributed by atoms with Gasteiger partial charge in [0, 0.05) is 38.6 Å². The quantitative estimate of drug-likeness (QED) is 0.363. The summed E-state index contributed by atoms with van der Waals surface area (Å²) >= 11 is 1.73. The van der Waals surface area contributed by atoms with Crippen LogP contribution < -0.4 is 10.6 Å². The van der Waals surface area contributed by atoms with E-state index in [1.54, 1.807) is 18.4 Å². The lowest BCUT2D eigenvalue weighted by Gasteiger charge is -2.12. The summed E-state index contributed by atoms with van der Waals surface area (Å²) in [6, 6.07) is 10.5. The van der Waals surface area contributed by atoms with Crippen molar-refractivity contribution < 1.29 is 9.47 Å². The summed E-state index contributed by atoms with van der Waals surface area (Å²) in [5.74, 6) is 0.794. The topological polar surface area (TPSA) is 67.8 Å². The highest BCUT2D eigenvalue weighted by Gasteiger charge is 2.15. The standard InChI is InChI=1S/C21H30N4O2S/c1-22-21(23-11-5-12-27-19-10-13-26-15-19)24-14-18-16-28-20(25-18)9-8-17-6-3-2-4-7-17/h2-4,6-7,16,19H,5,8-15H2,1H3,(H2,22,23,24). The molecule has 2 heterocycles. The molecule has 1 atom stereocenters. The van der Waals surface area contributed by atoms with E-state index in [1.165, 1.54) is 10.6 Å². The Morgan fingerprint density at radius 3 is 2.96 bits per heavy atom. The van der Waals surface area contributed by atoms with Crippen LogP contribution in [0.25, 0.3) is 0 Å². The third-order valence-corrected chi connectivity index (χ3v) is 5.54. The molecule has 0 aliphatic carbocycles. The number of aryl methyl sites for hydroxylation is 2. The first-order valence-electron chi connectivity index (χ1n) is 9.94. The molecule has 152 valence electrons. The van der Waals surface area contributed by atoms with Crippen molar-refractivity contribution in [2.75, 3.05) is 33.4 Å². The van der Waals surface area contributed by atoms with Crippen LogP contribution in [-0.4, -0.2) is 50.5 Å². The number of thiazole rings is 1. The molecule has 3 rings (SSSR count). The molecule has 7 heteroatoms. The molecule has 1 unspecified atom stereocenters. The summed E-state index contributed by atoms with van der Waals surface area (Å²) in [4.78, 5) is 9.00. The second-order valence-corrected chi connectivity index (χ2v) is 7.72. The van der Waals surface area contributed by atoms with Crippen LogP contribution in [0.15, 0.2) is 40.7 Å². The van der Waals surface area contributed by atoms with E-state index in [2.05, 4.69) is 51.3 Å². The summed E-state index contributed by atoms with van der Waals surface area (Å²) in [5.41, 5.74) is 2.41. The van der Waals surface area contributed by atoms with Crippen molar-refractivity contribution in [3.8, 4) is 0 Å². The van der Waals surface area contributed by atoms with E-state index < -0.39 is 0 Å². The monoisotopic (exact) mass is 402 g/mol. The molecule has 0 radical (unpaired) electrons. The first-order chi connectivity index (χ1) is 13.8. The molecule has 0 spiro atoms. The number of guanidine groups is 1. The zero-order valence-electron chi connectivity index (χ0n) is 16.5. The lowest BCUT2D eigenvalue weighted by atomic mass is 10.1. The van der Waals surface area contributed by atoms with Gasteiger partial charge in [0.15, 0.2) is 5.96 Å². The van der Waals surface area contributed by atoms with Gasteiger partial charge in [-0.25, -0.2) is 4.98 Å². The summed E-state index contributed by atoms with van der Waals surface area (Å²) in [6.45, 7) is 3.81. The smallest absolute Gasteiger partial charge is 0.191 e. The number of nitrogens with one attached hydrogen (secondary N) is 2. The predicted molar refractivity (Wildman–Crippen MR) is 114 cm³/mol. The highest BCUT2D eigenvalue weighted by molar-refractivity contribution is 7.09. The number of aromatic nitrogens is 1. The molecule has 1 aliphatic heterocycles. The van der Waals surface area contributed by atoms with Crippen molar-refractivity contribution in [1.82, 2.24) is 15.6 Å². The van der Waals surface area contributed by atoms with Crippen molar-refractivity contribution in [2.24, 2.45) is 4.99 Å². The minimum atomic E-state index is 0.276. The molecule has 6 nitrogen and oxygen atoms in total. The Morgan fingerprint density at radius 2 is 2.18 bits per heavy atom. The minimum absolute atomic E-state index is 0.276. The van der Waals surface area contributed by atoms with Crippen molar-refractivity contribution in [1.29, 1.82) is 0 Å². The van der Waals surface area contributed by atoms with Gasteiger partial charge in [0.2, 0.25) is 0 Å². The Balaban J connectivity index is 1.30. The summed E-state index contributed by atoms with van der Waals surface area (Å²) < 4.78 is 11.1. The van der Waals surface area contributed by atoms with Crippen LogP contribution in [0, 0.1) is 0 Å². The van der Waals surface area contributed by atoms with E-state index in [0.29, 0.717) is 6.54 Å². The maximum Gasteiger partial charge on any atom is 0.191 e. The fourth-order valence-electron chi connectivity index (χ4n) is 3.01. The van der Waals surface area contributed by atoms with E-state index in [9.17, 15) is 0 Å². The number of benzene rings is 1. The molecule has 1 aromatic heterocycles. The fourth-order valence-corrected chi connectivity index (χ4v) is 3.81. The number of nitrogens with zero attached hydrogens (tertiary/aromatic N) is 2. The Morgan fingerprint density at radius 1 is 1.29 bits per heavy atom. The Hall–Kier alpha value is -1.96. The molecule has 1 aliphatic rings. The molecule has 0 bridgehead atoms. The number of ether oxygens (including phenoxy) is 2. The van der Waals surface area contributed by atoms with Crippen molar-refractivity contribution >= 4 is 17.3 Å². The van der Waals surface area contributed by atoms with Crippen LogP contribution in [0.3, 0.4) is 0 Å². The molecule has 28 heavy (non-hydrogen) atoms. The lowest BCUT2D eigenvalue weighted by molar-refractivity contribution is 0.0420. The molecular weight excluding hydrogens is 372 g/mol. The van der Waals surface area contributed by atoms with Gasteiger partial charge in [-0.05, 0) is 24.8 Å². The van der Waals surface area contributed by atoms with Gasteiger partial charge < -0.3 is 20.1 Å². The predicted octanol–water partition coefficient (Wildman–Crippen LogP) is 2.79. The highest BCUT2D eigenvalue weighted by Crippen LogP contribution is 2.13. The van der Waals surface area contributed by atoms with Crippen LogP contribution in [0.1, 0.15) is 29.1 Å². The normalized spacial score (nSPS) is 17.0. The molecule has 2 N–H and O–H groups in total. The third-order valence-electron chi connectivity index (χ3n) is 4.59. The van der Waals surface area contributed by atoms with Crippen LogP contribution in [0.2, 0.25) is 0 Å². The average Bonchev–Trinajstić information content (AvgIpc) is 3.41. The summed E-state index contributed by atoms with van der Waals surface area (Å²) in [7, 11) is 1.79. The summed E-state index contributed by atoms with van der Waals surface area (Å²) in [6.07, 6.45) is 4.24. The van der Waals surface area contributed by atoms with Gasteiger partial charge in [-0.15, -0.1) is 11.3 Å². The second-order valence-electron chi connectivity index (χ2n) is 6.78. The van der Waals surface area contributed by atoms with E-state index >= 15 is 0 Å². The first kappa shape index (κ1) is 20.8. The lowest BCUT2D eigenvalue weighted by Crippen LogP contribution is -2.37. The zero-order chi connectivity index (χ0) is 19.4. The van der Waals surface area contributed by atoms with E-state index in [-0.39, 0.29) is 6.10 Å². The van der Waals surface area contributed by atoms with Crippen molar-refractivity contribution in [3.63, 3.8) is 0 Å². The van der Waals surface area contributed by atoms with Crippen LogP contribution >= 0.6 is 11.3 Å². The highest BCUT2D eigenvalue weighted by atomic mass is 32.1. The van der Waals surface area contributed by atoms with Gasteiger partial charge in [-0.3, -0.25) is 4.99 Å². The van der Waals surface area contributed by atoms with Crippen molar-refractivity contribution in [2.45, 2.75) is 38.3 Å². The number of aliphatic imine (C=N–C) groups is 1. The maximum absolute atomic E-state index is 5.77. The van der Waals surface area contributed by atoms with Crippen LogP contribution in [0.5, 0.6) is 0 Å². The second kappa shape index (κ2) is 11.8. The Kier molecular flexibility index (Phi) is 8.74. The molecule has 2 aromatic rings. The number of rotatable bonds is 10. The fraction of sp³-hybridized carbons (Fsp3) is 0.524. The van der Waals surface area contributed by atoms with Gasteiger partial charge in [0.25, 0.3) is 0 Å². The van der Waals surface area contributed by atoms with E-state index in [4.69, 9.17) is 14.5 Å². The molecular formula is C21H30N4O2S. The van der Waals surface area contributed by atoms with E-state index in [0.717, 1.165) is 63.7 Å². The molecule has 0 saturated carbocycles. The first-order valence-corrected chi connectivity index (χ1v) is 10.8. The molecule has 1 fully saturated rings. The minimum Gasteiger partial charge on any atom is -0.379 e. The molecule has 0 amide bonds. The maximum atomic E-state index is 5.77. The third kappa shape index (κ3) is 7.22. The van der Waals surface area contributed by atoms with Gasteiger partial charge in [-0.1, -0.05) is 30.3 Å². The van der Waals surface area contributed by atoms with Gasteiger partial charge in [-0.2, -0.15) is 0 Å². The molecule has 1 aromatic carbocycles. The Bertz CT molecular complexity index is 714. The number of hydrogen-bond acceptors (Lipinski definition) is 5. The summed E-state index contributed by atoms with van der Waals surface area (Å²) in [5, 5.41) is 9.95. The number of hydrogen-bond donors (Lipinski definition) is 2. The Labute approximate surface area is 171 Å². The van der Waals surface area contributed by atoms with Crippen LogP contribution in [-0.2, 0) is 28.9 Å². The molecule has 1 saturated heterocycles. The van der Waals surface area contributed by atoms with Gasteiger partial charge in [0.05, 0.1) is 30.0 Å². The van der Waals surface area contributed by atoms with Gasteiger partial charge >= 0.3 is 0 Å². The van der Waals surface area contributed by atoms with Gasteiger partial charge in [0.1, 0.15) is 0 Å². The zero-order valence-corrected chi connectivity index (χ0v) is 17.3. The average molecular weight is 403 g/mol.